The highest BCUT2D eigenvalue weighted by Crippen LogP contribution is 2.32. The molecule has 13 heavy (non-hydrogen) atoms. The van der Waals surface area contributed by atoms with Crippen LogP contribution in [0.5, 0.6) is 0 Å². The van der Waals surface area contributed by atoms with E-state index in [4.69, 9.17) is 0 Å². The molecule has 1 saturated heterocycles. The minimum absolute atomic E-state index is 0.487. The van der Waals surface area contributed by atoms with Gasteiger partial charge in [0.2, 0.25) is 0 Å². The summed E-state index contributed by atoms with van der Waals surface area (Å²) in [4.78, 5) is 2.44. The van der Waals surface area contributed by atoms with E-state index in [1.165, 1.54) is 32.4 Å². The summed E-state index contributed by atoms with van der Waals surface area (Å²) in [6.07, 6.45) is 4.17. The highest BCUT2D eigenvalue weighted by atomic mass is 79.9. The van der Waals surface area contributed by atoms with E-state index < -0.39 is 0 Å². The molecule has 0 radical (unpaired) electrons. The summed E-state index contributed by atoms with van der Waals surface area (Å²) in [5.41, 5.74) is 0.487. The topological polar surface area (TPSA) is 3.24 Å². The zero-order valence-corrected chi connectivity index (χ0v) is 10.7. The Kier molecular flexibility index (Phi) is 4.24. The maximum atomic E-state index is 3.60. The minimum Gasteiger partial charge on any atom is -0.306 e. The van der Waals surface area contributed by atoms with E-state index in [9.17, 15) is 0 Å². The van der Waals surface area contributed by atoms with Crippen LogP contribution in [-0.4, -0.2) is 30.4 Å². The van der Waals surface area contributed by atoms with Crippen LogP contribution in [0.3, 0.4) is 0 Å². The van der Waals surface area contributed by atoms with Crippen molar-refractivity contribution in [3.63, 3.8) is 0 Å². The van der Waals surface area contributed by atoms with Gasteiger partial charge in [0.05, 0.1) is 0 Å². The van der Waals surface area contributed by atoms with Crippen molar-refractivity contribution in [1.29, 1.82) is 0 Å². The molecule has 1 fully saturated rings. The number of halogens is 1. The van der Waals surface area contributed by atoms with Crippen molar-refractivity contribution in [3.8, 4) is 0 Å². The van der Waals surface area contributed by atoms with Crippen LogP contribution in [-0.2, 0) is 0 Å². The van der Waals surface area contributed by atoms with Crippen LogP contribution in [0.15, 0.2) is 0 Å². The lowest BCUT2D eigenvalue weighted by atomic mass is 9.80. The van der Waals surface area contributed by atoms with E-state index in [1.807, 2.05) is 0 Å². The molecule has 2 heteroatoms. The van der Waals surface area contributed by atoms with Gasteiger partial charge in [0.15, 0.2) is 0 Å². The standard InChI is InChI=1S/C11H22BrN/c1-11(2,9-12)8-10-4-6-13(3)7-5-10/h10H,4-9H2,1-3H3. The zero-order valence-electron chi connectivity index (χ0n) is 9.15. The molecule has 0 aromatic rings. The van der Waals surface area contributed by atoms with Gasteiger partial charge in [0.25, 0.3) is 0 Å². The Morgan fingerprint density at radius 1 is 1.31 bits per heavy atom. The smallest absolute Gasteiger partial charge is 0.00827 e. The maximum absolute atomic E-state index is 3.60. The summed E-state index contributed by atoms with van der Waals surface area (Å²) in [6.45, 7) is 7.31. The fourth-order valence-corrected chi connectivity index (χ4v) is 2.33. The second-order valence-electron chi connectivity index (χ2n) is 5.25. The summed E-state index contributed by atoms with van der Waals surface area (Å²) < 4.78 is 0. The van der Waals surface area contributed by atoms with Crippen molar-refractivity contribution in [2.75, 3.05) is 25.5 Å². The van der Waals surface area contributed by atoms with E-state index in [0.717, 1.165) is 11.2 Å². The molecule has 1 aliphatic heterocycles. The molecule has 0 atom stereocenters. The number of nitrogens with zero attached hydrogens (tertiary/aromatic N) is 1. The van der Waals surface area contributed by atoms with Crippen LogP contribution in [0.2, 0.25) is 0 Å². The molecule has 0 aliphatic carbocycles. The Bertz CT molecular complexity index is 148. The molecule has 0 aromatic carbocycles. The lowest BCUT2D eigenvalue weighted by Gasteiger charge is -2.33. The highest BCUT2D eigenvalue weighted by Gasteiger charge is 2.24. The molecule has 0 amide bonds. The number of hydrogen-bond donors (Lipinski definition) is 0. The lowest BCUT2D eigenvalue weighted by Crippen LogP contribution is -2.32. The average Bonchev–Trinajstić information content (AvgIpc) is 2.09. The Balaban J connectivity index is 2.30. The second kappa shape index (κ2) is 4.79. The summed E-state index contributed by atoms with van der Waals surface area (Å²) in [6, 6.07) is 0. The van der Waals surface area contributed by atoms with Crippen LogP contribution in [0.1, 0.15) is 33.1 Å². The summed E-state index contributed by atoms with van der Waals surface area (Å²) in [5.74, 6) is 0.962. The van der Waals surface area contributed by atoms with E-state index in [1.54, 1.807) is 0 Å². The molecule has 1 aliphatic rings. The second-order valence-corrected chi connectivity index (χ2v) is 5.81. The molecule has 0 aromatic heterocycles. The Labute approximate surface area is 91.0 Å². The van der Waals surface area contributed by atoms with Crippen molar-refractivity contribution >= 4 is 15.9 Å². The van der Waals surface area contributed by atoms with Crippen molar-refractivity contribution in [3.05, 3.63) is 0 Å². The Morgan fingerprint density at radius 3 is 2.31 bits per heavy atom. The molecular formula is C11H22BrN. The number of hydrogen-bond acceptors (Lipinski definition) is 1. The van der Waals surface area contributed by atoms with Gasteiger partial charge in [-0.25, -0.2) is 0 Å². The molecule has 1 nitrogen and oxygen atoms in total. The minimum atomic E-state index is 0.487. The molecular weight excluding hydrogens is 226 g/mol. The summed E-state index contributed by atoms with van der Waals surface area (Å²) in [7, 11) is 2.23. The van der Waals surface area contributed by atoms with Crippen LogP contribution < -0.4 is 0 Å². The van der Waals surface area contributed by atoms with Crippen molar-refractivity contribution < 1.29 is 0 Å². The normalized spacial score (nSPS) is 22.2. The van der Waals surface area contributed by atoms with Crippen LogP contribution in [0.25, 0.3) is 0 Å². The average molecular weight is 248 g/mol. The molecule has 0 N–H and O–H groups in total. The molecule has 0 unspecified atom stereocenters. The molecule has 0 spiro atoms. The first kappa shape index (κ1) is 11.5. The van der Waals surface area contributed by atoms with Gasteiger partial charge in [-0.05, 0) is 50.7 Å². The van der Waals surface area contributed by atoms with Gasteiger partial charge in [0, 0.05) is 5.33 Å². The highest BCUT2D eigenvalue weighted by molar-refractivity contribution is 9.09. The van der Waals surface area contributed by atoms with Gasteiger partial charge in [-0.15, -0.1) is 0 Å². The van der Waals surface area contributed by atoms with Gasteiger partial charge in [0.1, 0.15) is 0 Å². The van der Waals surface area contributed by atoms with Gasteiger partial charge in [-0.2, -0.15) is 0 Å². The predicted octanol–water partition coefficient (Wildman–Crippen LogP) is 3.14. The first-order valence-corrected chi connectivity index (χ1v) is 6.40. The fourth-order valence-electron chi connectivity index (χ4n) is 2.10. The molecule has 1 rings (SSSR count). The molecule has 78 valence electrons. The van der Waals surface area contributed by atoms with Crippen molar-refractivity contribution in [2.45, 2.75) is 33.1 Å². The van der Waals surface area contributed by atoms with Crippen molar-refractivity contribution in [1.82, 2.24) is 4.90 Å². The zero-order chi connectivity index (χ0) is 9.90. The first-order chi connectivity index (χ1) is 6.03. The van der Waals surface area contributed by atoms with E-state index in [-0.39, 0.29) is 0 Å². The quantitative estimate of drug-likeness (QED) is 0.693. The molecule has 0 bridgehead atoms. The van der Waals surface area contributed by atoms with Crippen LogP contribution in [0.4, 0.5) is 0 Å². The summed E-state index contributed by atoms with van der Waals surface area (Å²) in [5, 5.41) is 1.13. The van der Waals surface area contributed by atoms with E-state index in [2.05, 4.69) is 41.7 Å². The molecule has 1 heterocycles. The monoisotopic (exact) mass is 247 g/mol. The van der Waals surface area contributed by atoms with Gasteiger partial charge in [-0.1, -0.05) is 29.8 Å². The third kappa shape index (κ3) is 3.99. The predicted molar refractivity (Wildman–Crippen MR) is 62.4 cm³/mol. The number of alkyl halides is 1. The first-order valence-electron chi connectivity index (χ1n) is 5.28. The third-order valence-corrected chi connectivity index (χ3v) is 4.56. The number of likely N-dealkylation sites (tertiary alicyclic amines) is 1. The van der Waals surface area contributed by atoms with Gasteiger partial charge in [-0.3, -0.25) is 0 Å². The van der Waals surface area contributed by atoms with E-state index in [0.29, 0.717) is 5.41 Å². The Hall–Kier alpha value is 0.440. The van der Waals surface area contributed by atoms with Crippen LogP contribution in [0, 0.1) is 11.3 Å². The van der Waals surface area contributed by atoms with Crippen LogP contribution >= 0.6 is 15.9 Å². The summed E-state index contributed by atoms with van der Waals surface area (Å²) >= 11 is 3.60. The van der Waals surface area contributed by atoms with E-state index >= 15 is 0 Å². The maximum Gasteiger partial charge on any atom is 0.00827 e. The largest absolute Gasteiger partial charge is 0.306 e. The lowest BCUT2D eigenvalue weighted by molar-refractivity contribution is 0.177. The number of rotatable bonds is 3. The fraction of sp³-hybridized carbons (Fsp3) is 1.00. The van der Waals surface area contributed by atoms with Crippen molar-refractivity contribution in [2.24, 2.45) is 11.3 Å². The van der Waals surface area contributed by atoms with Gasteiger partial charge < -0.3 is 4.90 Å². The SMILES string of the molecule is CN1CCC(CC(C)(C)CBr)CC1. The van der Waals surface area contributed by atoms with Gasteiger partial charge >= 0.3 is 0 Å². The third-order valence-electron chi connectivity index (χ3n) is 3.04. The molecule has 0 saturated carbocycles. The Morgan fingerprint density at radius 2 is 1.85 bits per heavy atom. The number of piperidine rings is 1.